The number of hydrogen-bond acceptors (Lipinski definition) is 1. The van der Waals surface area contributed by atoms with Gasteiger partial charge in [-0.15, -0.1) is 0 Å². The molecule has 4 atom stereocenters. The van der Waals surface area contributed by atoms with E-state index in [2.05, 4.69) is 201 Å². The summed E-state index contributed by atoms with van der Waals surface area (Å²) >= 11 is 0. The number of rotatable bonds is 12. The first kappa shape index (κ1) is 36.2. The van der Waals surface area contributed by atoms with Crippen molar-refractivity contribution in [2.45, 2.75) is 70.3 Å². The molecule has 0 fully saturated rings. The van der Waals surface area contributed by atoms with Crippen LogP contribution in [0.4, 0.5) is 0 Å². The van der Waals surface area contributed by atoms with Crippen molar-refractivity contribution in [2.75, 3.05) is 0 Å². The van der Waals surface area contributed by atoms with Gasteiger partial charge >= 0.3 is 0 Å². The summed E-state index contributed by atoms with van der Waals surface area (Å²) in [4.78, 5) is 0. The smallest absolute Gasteiger partial charge is 0.0592 e. The van der Waals surface area contributed by atoms with Crippen LogP contribution in [-0.4, -0.2) is 0 Å². The van der Waals surface area contributed by atoms with E-state index in [1.807, 2.05) is 0 Å². The van der Waals surface area contributed by atoms with Crippen molar-refractivity contribution in [1.82, 2.24) is 5.32 Å². The van der Waals surface area contributed by atoms with Gasteiger partial charge in [-0.1, -0.05) is 190 Å². The highest BCUT2D eigenvalue weighted by atomic mass is 14.9. The molecule has 1 N–H and O–H groups in total. The van der Waals surface area contributed by atoms with Crippen molar-refractivity contribution >= 4 is 16.8 Å². The molecule has 5 aromatic carbocycles. The second kappa shape index (κ2) is 17.1. The molecular formula is C54H51N. The van der Waals surface area contributed by atoms with Gasteiger partial charge in [-0.05, 0) is 94.3 Å². The highest BCUT2D eigenvalue weighted by molar-refractivity contribution is 5.87. The zero-order valence-electron chi connectivity index (χ0n) is 32.2. The molecule has 272 valence electrons. The third kappa shape index (κ3) is 8.16. The fourth-order valence-electron chi connectivity index (χ4n) is 8.64. The summed E-state index contributed by atoms with van der Waals surface area (Å²) in [5, 5.41) is 3.96. The van der Waals surface area contributed by atoms with Crippen LogP contribution in [-0.2, 0) is 0 Å². The summed E-state index contributed by atoms with van der Waals surface area (Å²) < 4.78 is 0. The Morgan fingerprint density at radius 1 is 0.745 bits per heavy atom. The summed E-state index contributed by atoms with van der Waals surface area (Å²) in [7, 11) is 0. The SMILES string of the molecule is CCCC(N/C(=C\C(C)c1ccccc1)c1ccccc1)c1c#cc(C2=CCC(C3=CCC(C4=CCCC=C4)C=C3c3ccccc3)c3ccccc32)cc1. The highest BCUT2D eigenvalue weighted by Gasteiger charge is 2.30. The monoisotopic (exact) mass is 713 g/mol. The second-order valence-electron chi connectivity index (χ2n) is 15.2. The first-order chi connectivity index (χ1) is 27.2. The maximum absolute atomic E-state index is 3.96. The van der Waals surface area contributed by atoms with Gasteiger partial charge in [0.25, 0.3) is 0 Å². The Morgan fingerprint density at radius 3 is 2.22 bits per heavy atom. The number of allylic oxidation sites excluding steroid dienone is 10. The highest BCUT2D eigenvalue weighted by Crippen LogP contribution is 2.47. The lowest BCUT2D eigenvalue weighted by Gasteiger charge is -2.32. The lowest BCUT2D eigenvalue weighted by molar-refractivity contribution is 0.571. The van der Waals surface area contributed by atoms with Crippen molar-refractivity contribution in [1.29, 1.82) is 0 Å². The Kier molecular flexibility index (Phi) is 11.2. The maximum Gasteiger partial charge on any atom is 0.0592 e. The first-order valence-corrected chi connectivity index (χ1v) is 20.3. The van der Waals surface area contributed by atoms with E-state index in [9.17, 15) is 0 Å². The van der Waals surface area contributed by atoms with Crippen LogP contribution in [0.25, 0.3) is 16.8 Å². The molecule has 0 amide bonds. The largest absolute Gasteiger partial charge is 0.377 e. The van der Waals surface area contributed by atoms with Crippen LogP contribution in [0.1, 0.15) is 109 Å². The van der Waals surface area contributed by atoms with E-state index in [-0.39, 0.29) is 12.0 Å². The van der Waals surface area contributed by atoms with Crippen molar-refractivity contribution in [2.24, 2.45) is 5.92 Å². The van der Waals surface area contributed by atoms with Gasteiger partial charge in [-0.25, -0.2) is 0 Å². The number of nitrogens with one attached hydrogen (secondary N) is 1. The summed E-state index contributed by atoms with van der Waals surface area (Å²) in [6, 6.07) is 53.5. The van der Waals surface area contributed by atoms with Gasteiger partial charge in [-0.3, -0.25) is 0 Å². The fourth-order valence-corrected chi connectivity index (χ4v) is 8.64. The lowest BCUT2D eigenvalue weighted by Crippen LogP contribution is -2.20. The van der Waals surface area contributed by atoms with Gasteiger partial charge < -0.3 is 5.32 Å². The normalized spacial score (nSPS) is 19.1. The molecular weight excluding hydrogens is 663 g/mol. The standard InChI is InChI=1S/C54H51N/c1-3-18-53(55-54(44-25-14-7-15-26-44)37-39(2)40-19-8-4-9-20-40)45-31-29-43(30-32-45)47-35-36-50(49-28-17-16-27-48(47)49)51-34-33-46(41-21-10-5-11-22-41)38-52(51)42-23-12-6-13-24-42/h4,6-10,12-17,19-29,31,34-35,37-39,46,50,53,55H,3,5,11,18,33,36H2,1-2H3/b54-37-. The molecule has 0 aromatic heterocycles. The summed E-state index contributed by atoms with van der Waals surface area (Å²) in [6.45, 7) is 4.53. The number of hydrogen-bond donors (Lipinski definition) is 1. The van der Waals surface area contributed by atoms with Crippen molar-refractivity contribution in [3.8, 4) is 0 Å². The van der Waals surface area contributed by atoms with Crippen LogP contribution in [0, 0.1) is 18.1 Å². The zero-order valence-corrected chi connectivity index (χ0v) is 32.2. The Hall–Kier alpha value is -5.84. The van der Waals surface area contributed by atoms with Crippen LogP contribution in [0.15, 0.2) is 181 Å². The van der Waals surface area contributed by atoms with Crippen molar-refractivity contribution in [3.05, 3.63) is 232 Å². The van der Waals surface area contributed by atoms with E-state index >= 15 is 0 Å². The molecule has 5 aromatic rings. The molecule has 3 aliphatic carbocycles. The fraction of sp³-hybridized carbons (Fsp3) is 0.222. The van der Waals surface area contributed by atoms with Gasteiger partial charge in [0, 0.05) is 34.6 Å². The molecule has 55 heavy (non-hydrogen) atoms. The third-order valence-electron chi connectivity index (χ3n) is 11.5. The van der Waals surface area contributed by atoms with Gasteiger partial charge in [-0.2, -0.15) is 0 Å². The quantitative estimate of drug-likeness (QED) is 0.136. The van der Waals surface area contributed by atoms with Gasteiger partial charge in [0.15, 0.2) is 0 Å². The molecule has 1 nitrogen and oxygen atoms in total. The molecule has 0 spiro atoms. The average molecular weight is 714 g/mol. The molecule has 0 saturated carbocycles. The Balaban J connectivity index is 1.07. The molecule has 0 radical (unpaired) electrons. The molecule has 8 rings (SSSR count). The Bertz CT molecular complexity index is 2250. The van der Waals surface area contributed by atoms with Gasteiger partial charge in [0.2, 0.25) is 0 Å². The molecule has 3 aliphatic rings. The molecule has 1 heteroatoms. The zero-order chi connectivity index (χ0) is 37.4. The topological polar surface area (TPSA) is 12.0 Å². The minimum absolute atomic E-state index is 0.117. The van der Waals surface area contributed by atoms with E-state index in [1.54, 1.807) is 0 Å². The summed E-state index contributed by atoms with van der Waals surface area (Å²) in [5.41, 5.74) is 15.5. The van der Waals surface area contributed by atoms with E-state index in [1.165, 1.54) is 50.1 Å². The van der Waals surface area contributed by atoms with Crippen molar-refractivity contribution in [3.63, 3.8) is 0 Å². The summed E-state index contributed by atoms with van der Waals surface area (Å²) in [5.74, 6) is 0.982. The van der Waals surface area contributed by atoms with Crippen LogP contribution < -0.4 is 5.32 Å². The van der Waals surface area contributed by atoms with Crippen LogP contribution >= 0.6 is 0 Å². The third-order valence-corrected chi connectivity index (χ3v) is 11.5. The van der Waals surface area contributed by atoms with Crippen LogP contribution in [0.5, 0.6) is 0 Å². The van der Waals surface area contributed by atoms with Crippen LogP contribution in [0.2, 0.25) is 0 Å². The molecule has 0 saturated heterocycles. The number of benzene rings is 4. The maximum atomic E-state index is 3.96. The minimum atomic E-state index is 0.117. The predicted molar refractivity (Wildman–Crippen MR) is 232 cm³/mol. The minimum Gasteiger partial charge on any atom is -0.377 e. The molecule has 0 heterocycles. The second-order valence-corrected chi connectivity index (χ2v) is 15.2. The van der Waals surface area contributed by atoms with E-state index in [4.69, 9.17) is 0 Å². The molecule has 4 unspecified atom stereocenters. The molecule has 0 bridgehead atoms. The van der Waals surface area contributed by atoms with Crippen molar-refractivity contribution < 1.29 is 0 Å². The van der Waals surface area contributed by atoms with Gasteiger partial charge in [0.1, 0.15) is 0 Å². The van der Waals surface area contributed by atoms with E-state index in [0.29, 0.717) is 11.8 Å². The average Bonchev–Trinajstić information content (AvgIpc) is 3.26. The van der Waals surface area contributed by atoms with E-state index < -0.39 is 0 Å². The van der Waals surface area contributed by atoms with Crippen LogP contribution in [0.3, 0.4) is 0 Å². The van der Waals surface area contributed by atoms with E-state index in [0.717, 1.165) is 55.3 Å². The predicted octanol–water partition coefficient (Wildman–Crippen LogP) is 13.8. The summed E-state index contributed by atoms with van der Waals surface area (Å²) in [6.07, 6.45) is 23.4. The van der Waals surface area contributed by atoms with Gasteiger partial charge in [0.05, 0.1) is 6.04 Å². The molecule has 0 aliphatic heterocycles. The lowest BCUT2D eigenvalue weighted by atomic mass is 9.71. The number of fused-ring (bicyclic) bond motifs is 1. The Morgan fingerprint density at radius 2 is 1.49 bits per heavy atom. The Labute approximate surface area is 329 Å². The first-order valence-electron chi connectivity index (χ1n) is 20.3.